The number of carbonyl (C=O) groups excluding carboxylic acids is 1. The summed E-state index contributed by atoms with van der Waals surface area (Å²) in [5, 5.41) is 0.871. The number of aromatic nitrogens is 1. The number of hydrogen-bond donors (Lipinski definition) is 0. The lowest BCUT2D eigenvalue weighted by atomic mass is 10.0. The molecular formula is C19H14FNO4. The van der Waals surface area contributed by atoms with Gasteiger partial charge in [-0.05, 0) is 36.4 Å². The molecule has 0 N–H and O–H groups in total. The highest BCUT2D eigenvalue weighted by Crippen LogP contribution is 2.38. The fourth-order valence-electron chi connectivity index (χ4n) is 2.80. The van der Waals surface area contributed by atoms with Crippen molar-refractivity contribution in [2.75, 3.05) is 13.7 Å². The van der Waals surface area contributed by atoms with Gasteiger partial charge in [0.15, 0.2) is 6.61 Å². The number of nitrogens with zero attached hydrogens (tertiary/aromatic N) is 1. The molecule has 126 valence electrons. The van der Waals surface area contributed by atoms with Crippen LogP contribution in [0.25, 0.3) is 22.2 Å². The molecule has 1 aromatic heterocycles. The first-order valence-electron chi connectivity index (χ1n) is 7.70. The molecule has 1 aliphatic heterocycles. The largest absolute Gasteiger partial charge is 0.488 e. The Labute approximate surface area is 143 Å². The first-order chi connectivity index (χ1) is 12.1. The van der Waals surface area contributed by atoms with Gasteiger partial charge >= 0.3 is 5.97 Å². The summed E-state index contributed by atoms with van der Waals surface area (Å²) in [6.07, 6.45) is 0. The van der Waals surface area contributed by atoms with Crippen molar-refractivity contribution in [1.29, 1.82) is 0 Å². The summed E-state index contributed by atoms with van der Waals surface area (Å²) < 4.78 is 29.0. The lowest BCUT2D eigenvalue weighted by Crippen LogP contribution is -2.12. The Morgan fingerprint density at radius 2 is 2.12 bits per heavy atom. The minimum Gasteiger partial charge on any atom is -0.488 e. The summed E-state index contributed by atoms with van der Waals surface area (Å²) in [5.41, 5.74) is 3.26. The molecule has 3 aromatic rings. The van der Waals surface area contributed by atoms with Crippen LogP contribution in [0.2, 0.25) is 0 Å². The van der Waals surface area contributed by atoms with E-state index in [1.54, 1.807) is 12.1 Å². The van der Waals surface area contributed by atoms with Crippen LogP contribution in [0.15, 0.2) is 42.5 Å². The second-order valence-electron chi connectivity index (χ2n) is 5.64. The van der Waals surface area contributed by atoms with Crippen LogP contribution in [-0.4, -0.2) is 24.7 Å². The van der Waals surface area contributed by atoms with E-state index in [1.165, 1.54) is 19.2 Å². The van der Waals surface area contributed by atoms with E-state index in [0.717, 1.165) is 27.7 Å². The van der Waals surface area contributed by atoms with Crippen LogP contribution in [0.3, 0.4) is 0 Å². The van der Waals surface area contributed by atoms with E-state index in [1.807, 2.05) is 18.2 Å². The standard InChI is InChI=1S/C19H14FNO4/c1-23-18(22)10-24-14-3-5-16-11(7-14)6-12-9-25-17-8-13(20)2-4-15(17)19(12)21-16/h2-8H,9-10H2,1H3. The minimum atomic E-state index is -0.444. The van der Waals surface area contributed by atoms with E-state index in [4.69, 9.17) is 9.47 Å². The molecule has 0 fully saturated rings. The average molecular weight is 339 g/mol. The van der Waals surface area contributed by atoms with Gasteiger partial charge in [0.05, 0.1) is 18.3 Å². The monoisotopic (exact) mass is 339 g/mol. The second-order valence-corrected chi connectivity index (χ2v) is 5.64. The number of fused-ring (bicyclic) bond motifs is 4. The van der Waals surface area contributed by atoms with Gasteiger partial charge in [0.1, 0.15) is 23.9 Å². The first-order valence-corrected chi connectivity index (χ1v) is 7.70. The van der Waals surface area contributed by atoms with E-state index in [0.29, 0.717) is 18.1 Å². The Kier molecular flexibility index (Phi) is 3.72. The van der Waals surface area contributed by atoms with Crippen molar-refractivity contribution in [3.8, 4) is 22.8 Å². The number of esters is 1. The zero-order valence-electron chi connectivity index (χ0n) is 13.4. The topological polar surface area (TPSA) is 57.7 Å². The van der Waals surface area contributed by atoms with Gasteiger partial charge in [0.25, 0.3) is 0 Å². The maximum absolute atomic E-state index is 13.4. The lowest BCUT2D eigenvalue weighted by Gasteiger charge is -2.20. The Morgan fingerprint density at radius 1 is 1.24 bits per heavy atom. The van der Waals surface area contributed by atoms with Crippen LogP contribution in [0, 0.1) is 5.82 Å². The number of ether oxygens (including phenoxy) is 3. The fraction of sp³-hybridized carbons (Fsp3) is 0.158. The van der Waals surface area contributed by atoms with E-state index >= 15 is 0 Å². The Balaban J connectivity index is 1.72. The maximum Gasteiger partial charge on any atom is 0.343 e. The van der Waals surface area contributed by atoms with Crippen LogP contribution < -0.4 is 9.47 Å². The SMILES string of the molecule is COC(=O)COc1ccc2nc3c(cc2c1)COc1cc(F)ccc1-3. The first kappa shape index (κ1) is 15.4. The molecule has 0 atom stereocenters. The molecule has 0 unspecified atom stereocenters. The number of methoxy groups -OCH3 is 1. The van der Waals surface area contributed by atoms with Gasteiger partial charge in [-0.1, -0.05) is 0 Å². The normalized spacial score (nSPS) is 12.1. The van der Waals surface area contributed by atoms with Crippen molar-refractivity contribution in [1.82, 2.24) is 4.98 Å². The minimum absolute atomic E-state index is 0.150. The quantitative estimate of drug-likeness (QED) is 0.684. The van der Waals surface area contributed by atoms with Gasteiger partial charge in [-0.3, -0.25) is 0 Å². The van der Waals surface area contributed by atoms with Gasteiger partial charge < -0.3 is 14.2 Å². The molecule has 2 heterocycles. The molecule has 5 nitrogen and oxygen atoms in total. The number of carbonyl (C=O) groups is 1. The predicted octanol–water partition coefficient (Wildman–Crippen LogP) is 3.49. The number of hydrogen-bond acceptors (Lipinski definition) is 5. The Hall–Kier alpha value is -3.15. The molecule has 0 radical (unpaired) electrons. The smallest absolute Gasteiger partial charge is 0.343 e. The summed E-state index contributed by atoms with van der Waals surface area (Å²) in [5.74, 6) is 0.271. The summed E-state index contributed by atoms with van der Waals surface area (Å²) in [6, 6.07) is 11.8. The van der Waals surface area contributed by atoms with Gasteiger partial charge in [-0.2, -0.15) is 0 Å². The molecule has 0 aliphatic carbocycles. The van der Waals surface area contributed by atoms with Crippen LogP contribution in [0.1, 0.15) is 5.56 Å². The zero-order chi connectivity index (χ0) is 17.4. The van der Waals surface area contributed by atoms with E-state index < -0.39 is 5.97 Å². The van der Waals surface area contributed by atoms with Crippen LogP contribution >= 0.6 is 0 Å². The number of halogens is 1. The number of rotatable bonds is 3. The van der Waals surface area contributed by atoms with Crippen molar-refractivity contribution in [3.05, 3.63) is 53.8 Å². The van der Waals surface area contributed by atoms with Gasteiger partial charge in [-0.15, -0.1) is 0 Å². The van der Waals surface area contributed by atoms with Gasteiger partial charge in [-0.25, -0.2) is 14.2 Å². The Bertz CT molecular complexity index is 987. The molecule has 6 heteroatoms. The highest BCUT2D eigenvalue weighted by atomic mass is 19.1. The summed E-state index contributed by atoms with van der Waals surface area (Å²) in [6.45, 7) is 0.171. The highest BCUT2D eigenvalue weighted by molar-refractivity contribution is 5.86. The van der Waals surface area contributed by atoms with Crippen LogP contribution in [0.4, 0.5) is 4.39 Å². The van der Waals surface area contributed by atoms with Crippen molar-refractivity contribution >= 4 is 16.9 Å². The number of pyridine rings is 1. The Morgan fingerprint density at radius 3 is 2.96 bits per heavy atom. The molecule has 4 rings (SSSR count). The molecule has 0 saturated carbocycles. The van der Waals surface area contributed by atoms with Crippen LogP contribution in [-0.2, 0) is 16.1 Å². The summed E-state index contributed by atoms with van der Waals surface area (Å²) >= 11 is 0. The maximum atomic E-state index is 13.4. The van der Waals surface area contributed by atoms with E-state index in [2.05, 4.69) is 9.72 Å². The molecule has 0 amide bonds. The number of benzene rings is 2. The molecule has 25 heavy (non-hydrogen) atoms. The molecule has 0 spiro atoms. The van der Waals surface area contributed by atoms with Gasteiger partial charge in [0, 0.05) is 22.6 Å². The molecule has 0 saturated heterocycles. The van der Waals surface area contributed by atoms with E-state index in [-0.39, 0.29) is 12.4 Å². The fourth-order valence-corrected chi connectivity index (χ4v) is 2.80. The highest BCUT2D eigenvalue weighted by Gasteiger charge is 2.20. The third kappa shape index (κ3) is 2.87. The summed E-state index contributed by atoms with van der Waals surface area (Å²) in [7, 11) is 1.31. The molecule has 1 aliphatic rings. The van der Waals surface area contributed by atoms with Crippen molar-refractivity contribution < 1.29 is 23.4 Å². The van der Waals surface area contributed by atoms with Crippen LogP contribution in [0.5, 0.6) is 11.5 Å². The lowest BCUT2D eigenvalue weighted by molar-refractivity contribution is -0.142. The zero-order valence-corrected chi connectivity index (χ0v) is 13.4. The second kappa shape index (κ2) is 6.05. The summed E-state index contributed by atoms with van der Waals surface area (Å²) in [4.78, 5) is 15.9. The molecule has 2 aromatic carbocycles. The third-order valence-corrected chi connectivity index (χ3v) is 4.03. The third-order valence-electron chi connectivity index (χ3n) is 4.03. The van der Waals surface area contributed by atoms with Crippen molar-refractivity contribution in [3.63, 3.8) is 0 Å². The average Bonchev–Trinajstić information content (AvgIpc) is 2.64. The molecular weight excluding hydrogens is 325 g/mol. The van der Waals surface area contributed by atoms with Crippen molar-refractivity contribution in [2.24, 2.45) is 0 Å². The van der Waals surface area contributed by atoms with Gasteiger partial charge in [0.2, 0.25) is 0 Å². The van der Waals surface area contributed by atoms with Crippen molar-refractivity contribution in [2.45, 2.75) is 6.61 Å². The molecule has 0 bridgehead atoms. The predicted molar refractivity (Wildman–Crippen MR) is 89.0 cm³/mol. The van der Waals surface area contributed by atoms with E-state index in [9.17, 15) is 9.18 Å².